The Morgan fingerprint density at radius 1 is 1.00 bits per heavy atom. The van der Waals surface area contributed by atoms with Crippen LogP contribution in [0.2, 0.25) is 0 Å². The van der Waals surface area contributed by atoms with Gasteiger partial charge in [0.15, 0.2) is 0 Å². The van der Waals surface area contributed by atoms with E-state index in [1.807, 2.05) is 30.5 Å². The maximum absolute atomic E-state index is 12.9. The number of aromatic nitrogens is 1. The fraction of sp³-hybridized carbons (Fsp3) is 0.214. The topological polar surface area (TPSA) is 63.2 Å². The zero-order chi connectivity index (χ0) is 22.4. The van der Waals surface area contributed by atoms with E-state index in [1.165, 1.54) is 35.1 Å². The molecule has 0 saturated heterocycles. The zero-order valence-electron chi connectivity index (χ0n) is 18.5. The number of ether oxygens (including phenoxy) is 1. The first-order valence-electron chi connectivity index (χ1n) is 11.4. The number of nitrogens with one attached hydrogen (secondary N) is 2. The number of nitrogens with zero attached hydrogens (tertiary/aromatic N) is 1. The van der Waals surface area contributed by atoms with Crippen LogP contribution >= 0.6 is 0 Å². The molecule has 0 aliphatic heterocycles. The summed E-state index contributed by atoms with van der Waals surface area (Å²) in [6.45, 7) is 2.35. The largest absolute Gasteiger partial charge is 0.448 e. The van der Waals surface area contributed by atoms with E-state index < -0.39 is 6.09 Å². The van der Waals surface area contributed by atoms with Crippen molar-refractivity contribution in [3.05, 3.63) is 89.7 Å². The van der Waals surface area contributed by atoms with Crippen molar-refractivity contribution in [2.45, 2.75) is 31.7 Å². The summed E-state index contributed by atoms with van der Waals surface area (Å²) in [6, 6.07) is 21.2. The molecule has 1 aromatic heterocycles. The fourth-order valence-electron chi connectivity index (χ4n) is 4.88. The highest BCUT2D eigenvalue weighted by atomic mass is 16.5. The Balaban J connectivity index is 1.23. The zero-order valence-corrected chi connectivity index (χ0v) is 18.5. The molecule has 1 heterocycles. The number of anilines is 2. The van der Waals surface area contributed by atoms with Gasteiger partial charge >= 0.3 is 6.09 Å². The van der Waals surface area contributed by atoms with Gasteiger partial charge < -0.3 is 10.1 Å². The van der Waals surface area contributed by atoms with Crippen molar-refractivity contribution in [2.24, 2.45) is 0 Å². The van der Waals surface area contributed by atoms with Crippen LogP contribution in [0.4, 0.5) is 16.2 Å². The highest BCUT2D eigenvalue weighted by Gasteiger charge is 2.29. The lowest BCUT2D eigenvalue weighted by molar-refractivity contribution is 0.158. The second-order valence-electron chi connectivity index (χ2n) is 8.91. The third-order valence-electron chi connectivity index (χ3n) is 6.64. The summed E-state index contributed by atoms with van der Waals surface area (Å²) in [7, 11) is 0. The van der Waals surface area contributed by atoms with Crippen LogP contribution in [0.3, 0.4) is 0 Å². The molecule has 0 unspecified atom stereocenters. The summed E-state index contributed by atoms with van der Waals surface area (Å²) in [5.41, 5.74) is 7.76. The summed E-state index contributed by atoms with van der Waals surface area (Å²) in [4.78, 5) is 17.2. The minimum atomic E-state index is -0.447. The van der Waals surface area contributed by atoms with Gasteiger partial charge in [-0.15, -0.1) is 0 Å². The molecule has 2 aliphatic rings. The van der Waals surface area contributed by atoms with Crippen molar-refractivity contribution in [3.8, 4) is 11.1 Å². The van der Waals surface area contributed by atoms with Crippen LogP contribution in [-0.4, -0.2) is 23.7 Å². The number of rotatable bonds is 5. The summed E-state index contributed by atoms with van der Waals surface area (Å²) < 4.78 is 5.76. The van der Waals surface area contributed by atoms with E-state index in [0.29, 0.717) is 12.6 Å². The third-order valence-corrected chi connectivity index (χ3v) is 6.64. The van der Waals surface area contributed by atoms with Gasteiger partial charge in [0.1, 0.15) is 6.61 Å². The lowest BCUT2D eigenvalue weighted by Crippen LogP contribution is -2.18. The van der Waals surface area contributed by atoms with E-state index in [0.717, 1.165) is 27.7 Å². The number of pyridine rings is 1. The Bertz CT molecular complexity index is 1330. The molecule has 3 aromatic carbocycles. The Morgan fingerprint density at radius 2 is 1.70 bits per heavy atom. The molecule has 5 heteroatoms. The molecule has 164 valence electrons. The first-order valence-corrected chi connectivity index (χ1v) is 11.4. The average Bonchev–Trinajstić information content (AvgIpc) is 3.61. The molecule has 33 heavy (non-hydrogen) atoms. The van der Waals surface area contributed by atoms with E-state index in [9.17, 15) is 4.79 Å². The number of aryl methyl sites for hydroxylation is 1. The molecule has 2 aliphatic carbocycles. The molecule has 5 nitrogen and oxygen atoms in total. The highest BCUT2D eigenvalue weighted by Crippen LogP contribution is 2.44. The smallest absolute Gasteiger partial charge is 0.411 e. The Morgan fingerprint density at radius 3 is 2.39 bits per heavy atom. The van der Waals surface area contributed by atoms with Gasteiger partial charge in [-0.05, 0) is 59.7 Å². The standard InChI is InChI=1S/C28H25N3O2/c1-17-14-26(23-12-13-29-15-24(23)27(17)30-18-10-11-18)31-28(32)33-16-25-21-8-4-2-6-19(21)20-7-3-5-9-22(20)25/h2-9,12-15,18,25,30H,10-11,16H2,1H3,(H,31,32). The Kier molecular flexibility index (Phi) is 4.75. The fourth-order valence-corrected chi connectivity index (χ4v) is 4.88. The SMILES string of the molecule is Cc1cc(NC(=O)OCC2c3ccccc3-c3ccccc32)c2ccncc2c1NC1CC1. The minimum Gasteiger partial charge on any atom is -0.448 e. The van der Waals surface area contributed by atoms with Crippen LogP contribution in [0.25, 0.3) is 21.9 Å². The van der Waals surface area contributed by atoms with Crippen LogP contribution in [0.15, 0.2) is 73.1 Å². The Hall–Kier alpha value is -3.86. The van der Waals surface area contributed by atoms with Gasteiger partial charge in [0.2, 0.25) is 0 Å². The lowest BCUT2D eigenvalue weighted by atomic mass is 9.98. The summed E-state index contributed by atoms with van der Waals surface area (Å²) in [5.74, 6) is 0.0379. The average molecular weight is 436 g/mol. The number of amides is 1. The molecular weight excluding hydrogens is 410 g/mol. The second kappa shape index (κ2) is 7.93. The first kappa shape index (κ1) is 19.8. The number of carbonyl (C=O) groups is 1. The molecular formula is C28H25N3O2. The molecule has 0 spiro atoms. The number of hydrogen-bond acceptors (Lipinski definition) is 4. The number of fused-ring (bicyclic) bond motifs is 4. The van der Waals surface area contributed by atoms with Crippen LogP contribution in [0.1, 0.15) is 35.4 Å². The molecule has 0 radical (unpaired) electrons. The van der Waals surface area contributed by atoms with Crippen LogP contribution < -0.4 is 10.6 Å². The van der Waals surface area contributed by atoms with Crippen LogP contribution in [0, 0.1) is 6.92 Å². The predicted octanol–water partition coefficient (Wildman–Crippen LogP) is 6.48. The molecule has 4 aromatic rings. The predicted molar refractivity (Wildman–Crippen MR) is 132 cm³/mol. The second-order valence-corrected chi connectivity index (χ2v) is 8.91. The molecule has 0 bridgehead atoms. The first-order chi connectivity index (χ1) is 16.2. The van der Waals surface area contributed by atoms with E-state index in [4.69, 9.17) is 4.74 Å². The van der Waals surface area contributed by atoms with Crippen molar-refractivity contribution in [3.63, 3.8) is 0 Å². The van der Waals surface area contributed by atoms with E-state index in [-0.39, 0.29) is 5.92 Å². The van der Waals surface area contributed by atoms with Gasteiger partial charge in [-0.1, -0.05) is 48.5 Å². The molecule has 1 amide bonds. The van der Waals surface area contributed by atoms with Crippen molar-refractivity contribution in [1.82, 2.24) is 4.98 Å². The molecule has 0 atom stereocenters. The van der Waals surface area contributed by atoms with Gasteiger partial charge in [0.25, 0.3) is 0 Å². The monoisotopic (exact) mass is 435 g/mol. The van der Waals surface area contributed by atoms with Gasteiger partial charge in [-0.25, -0.2) is 4.79 Å². The van der Waals surface area contributed by atoms with Gasteiger partial charge in [-0.3, -0.25) is 10.3 Å². The normalized spacial score (nSPS) is 14.6. The van der Waals surface area contributed by atoms with Crippen molar-refractivity contribution >= 4 is 28.2 Å². The number of carbonyl (C=O) groups excluding carboxylic acids is 1. The van der Waals surface area contributed by atoms with Crippen LogP contribution in [-0.2, 0) is 4.74 Å². The van der Waals surface area contributed by atoms with Gasteiger partial charge in [-0.2, -0.15) is 0 Å². The number of benzene rings is 3. The molecule has 6 rings (SSSR count). The molecule has 1 fully saturated rings. The van der Waals surface area contributed by atoms with Gasteiger partial charge in [0, 0.05) is 40.8 Å². The lowest BCUT2D eigenvalue weighted by Gasteiger charge is -2.17. The van der Waals surface area contributed by atoms with Crippen molar-refractivity contribution in [2.75, 3.05) is 17.2 Å². The van der Waals surface area contributed by atoms with Crippen LogP contribution in [0.5, 0.6) is 0 Å². The maximum Gasteiger partial charge on any atom is 0.411 e. The maximum atomic E-state index is 12.9. The summed E-state index contributed by atoms with van der Waals surface area (Å²) >= 11 is 0. The van der Waals surface area contributed by atoms with Crippen molar-refractivity contribution < 1.29 is 9.53 Å². The number of hydrogen-bond donors (Lipinski definition) is 2. The van der Waals surface area contributed by atoms with Crippen molar-refractivity contribution in [1.29, 1.82) is 0 Å². The third kappa shape index (κ3) is 3.59. The molecule has 2 N–H and O–H groups in total. The van der Waals surface area contributed by atoms with E-state index in [1.54, 1.807) is 6.20 Å². The Labute approximate surface area is 192 Å². The van der Waals surface area contributed by atoms with E-state index >= 15 is 0 Å². The quantitative estimate of drug-likeness (QED) is 0.377. The van der Waals surface area contributed by atoms with E-state index in [2.05, 4.69) is 58.9 Å². The molecule has 1 saturated carbocycles. The summed E-state index contributed by atoms with van der Waals surface area (Å²) in [5, 5.41) is 8.55. The highest BCUT2D eigenvalue weighted by molar-refractivity contribution is 6.06. The summed E-state index contributed by atoms with van der Waals surface area (Å²) in [6.07, 6.45) is 5.55. The minimum absolute atomic E-state index is 0.0379. The van der Waals surface area contributed by atoms with Gasteiger partial charge in [0.05, 0.1) is 5.69 Å².